The number of halogens is 4. The number of amides is 1. The van der Waals surface area contributed by atoms with Crippen LogP contribution >= 0.6 is 11.6 Å². The van der Waals surface area contributed by atoms with Crippen LogP contribution < -0.4 is 5.32 Å². The molecule has 29 heavy (non-hydrogen) atoms. The first-order valence-corrected chi connectivity index (χ1v) is 10.9. The number of hydrogen-bond acceptors (Lipinski definition) is 5. The van der Waals surface area contributed by atoms with E-state index in [4.69, 9.17) is 16.0 Å². The summed E-state index contributed by atoms with van der Waals surface area (Å²) < 4.78 is 67.6. The molecule has 1 aliphatic rings. The van der Waals surface area contributed by atoms with Crippen LogP contribution in [0.2, 0.25) is 5.02 Å². The second kappa shape index (κ2) is 8.37. The van der Waals surface area contributed by atoms with Crippen LogP contribution in [0, 0.1) is 0 Å². The van der Waals surface area contributed by atoms with Crippen LogP contribution in [0.3, 0.4) is 0 Å². The van der Waals surface area contributed by atoms with Crippen LogP contribution in [-0.2, 0) is 27.4 Å². The van der Waals surface area contributed by atoms with Gasteiger partial charge in [0, 0.05) is 6.04 Å². The van der Waals surface area contributed by atoms with Crippen molar-refractivity contribution in [2.75, 3.05) is 23.4 Å². The highest BCUT2D eigenvalue weighted by Gasteiger charge is 2.34. The number of sulfone groups is 1. The van der Waals surface area contributed by atoms with E-state index in [1.54, 1.807) is 17.0 Å². The first kappa shape index (κ1) is 21.7. The predicted molar refractivity (Wildman–Crippen MR) is 101 cm³/mol. The molecule has 1 saturated heterocycles. The Bertz CT molecular complexity index is 977. The summed E-state index contributed by atoms with van der Waals surface area (Å²) in [6.45, 7) is -0.0373. The molecule has 0 bridgehead atoms. The number of nitrogens with one attached hydrogen (secondary N) is 1. The van der Waals surface area contributed by atoms with E-state index in [-0.39, 0.29) is 35.3 Å². The third-order valence-corrected chi connectivity index (χ3v) is 6.66. The van der Waals surface area contributed by atoms with Crippen LogP contribution in [0.25, 0.3) is 0 Å². The molecule has 0 aliphatic carbocycles. The van der Waals surface area contributed by atoms with Crippen molar-refractivity contribution in [2.24, 2.45) is 0 Å². The van der Waals surface area contributed by atoms with E-state index in [1.807, 2.05) is 0 Å². The van der Waals surface area contributed by atoms with Crippen LogP contribution in [0.4, 0.5) is 18.9 Å². The lowest BCUT2D eigenvalue weighted by Crippen LogP contribution is -2.41. The number of anilines is 1. The molecule has 0 radical (unpaired) electrons. The van der Waals surface area contributed by atoms with Crippen molar-refractivity contribution in [2.45, 2.75) is 25.2 Å². The van der Waals surface area contributed by atoms with Crippen molar-refractivity contribution >= 4 is 33.0 Å². The number of rotatable bonds is 6. The molecule has 3 rings (SSSR count). The zero-order valence-electron chi connectivity index (χ0n) is 15.1. The van der Waals surface area contributed by atoms with Crippen molar-refractivity contribution in [3.8, 4) is 0 Å². The predicted octanol–water partition coefficient (Wildman–Crippen LogP) is 3.58. The Morgan fingerprint density at radius 3 is 2.66 bits per heavy atom. The van der Waals surface area contributed by atoms with Gasteiger partial charge in [-0.3, -0.25) is 9.69 Å². The number of alkyl halides is 3. The van der Waals surface area contributed by atoms with Crippen LogP contribution in [0.1, 0.15) is 17.7 Å². The minimum absolute atomic E-state index is 0.0212. The summed E-state index contributed by atoms with van der Waals surface area (Å²) >= 11 is 5.92. The quantitative estimate of drug-likeness (QED) is 0.727. The lowest BCUT2D eigenvalue weighted by atomic mass is 10.2. The van der Waals surface area contributed by atoms with Gasteiger partial charge in [0.1, 0.15) is 5.76 Å². The molecule has 1 aliphatic heterocycles. The van der Waals surface area contributed by atoms with Gasteiger partial charge in [0.2, 0.25) is 5.91 Å². The third-order valence-electron chi connectivity index (χ3n) is 4.58. The molecular weight excluding hydrogens is 433 g/mol. The SMILES string of the molecule is O=C(CN(Cc1ccco1)[C@@H]1CCS(=O)(=O)C1)Nc1cc(C(F)(F)F)ccc1Cl. The second-order valence-electron chi connectivity index (χ2n) is 6.78. The standard InChI is InChI=1S/C18H18ClF3N2O4S/c19-15-4-3-12(18(20,21)22)8-16(15)23-17(25)10-24(9-14-2-1-6-28-14)13-5-7-29(26,27)11-13/h1-4,6,8,13H,5,7,9-11H2,(H,23,25)/t13-/m1/s1. The van der Waals surface area contributed by atoms with E-state index in [1.165, 1.54) is 6.26 Å². The summed E-state index contributed by atoms with van der Waals surface area (Å²) in [4.78, 5) is 14.1. The molecule has 1 aromatic carbocycles. The molecule has 1 N–H and O–H groups in total. The summed E-state index contributed by atoms with van der Waals surface area (Å²) in [5.74, 6) is -0.139. The summed E-state index contributed by atoms with van der Waals surface area (Å²) in [5, 5.41) is 2.35. The Balaban J connectivity index is 1.75. The van der Waals surface area contributed by atoms with Crippen LogP contribution in [0.5, 0.6) is 0 Å². The van der Waals surface area contributed by atoms with Gasteiger partial charge in [-0.2, -0.15) is 13.2 Å². The molecule has 1 aromatic heterocycles. The Hall–Kier alpha value is -2.04. The van der Waals surface area contributed by atoms with Gasteiger partial charge in [0.15, 0.2) is 9.84 Å². The van der Waals surface area contributed by atoms with Gasteiger partial charge in [0.25, 0.3) is 0 Å². The van der Waals surface area contributed by atoms with Crippen LogP contribution in [0.15, 0.2) is 41.0 Å². The average Bonchev–Trinajstić information content (AvgIpc) is 3.24. The fraction of sp³-hybridized carbons (Fsp3) is 0.389. The van der Waals surface area contributed by atoms with Gasteiger partial charge >= 0.3 is 6.18 Å². The monoisotopic (exact) mass is 450 g/mol. The maximum absolute atomic E-state index is 12.9. The molecule has 2 aromatic rings. The van der Waals surface area contributed by atoms with E-state index in [0.29, 0.717) is 12.2 Å². The molecule has 1 atom stereocenters. The maximum Gasteiger partial charge on any atom is 0.416 e. The van der Waals surface area contributed by atoms with E-state index in [9.17, 15) is 26.4 Å². The van der Waals surface area contributed by atoms with Crippen molar-refractivity contribution in [1.29, 1.82) is 0 Å². The van der Waals surface area contributed by atoms with Gasteiger partial charge in [-0.1, -0.05) is 11.6 Å². The molecule has 0 saturated carbocycles. The molecule has 0 unspecified atom stereocenters. The largest absolute Gasteiger partial charge is 0.468 e. The zero-order valence-corrected chi connectivity index (χ0v) is 16.6. The summed E-state index contributed by atoms with van der Waals surface area (Å²) in [6.07, 6.45) is -2.75. The van der Waals surface area contributed by atoms with E-state index < -0.39 is 33.5 Å². The van der Waals surface area contributed by atoms with Gasteiger partial charge in [-0.05, 0) is 36.8 Å². The third kappa shape index (κ3) is 5.74. The second-order valence-corrected chi connectivity index (χ2v) is 9.42. The lowest BCUT2D eigenvalue weighted by molar-refractivity contribution is -0.137. The highest BCUT2D eigenvalue weighted by molar-refractivity contribution is 7.91. The Kier molecular flexibility index (Phi) is 6.25. The molecular formula is C18H18ClF3N2O4S. The Morgan fingerprint density at radius 2 is 2.07 bits per heavy atom. The highest BCUT2D eigenvalue weighted by atomic mass is 35.5. The molecule has 158 valence electrons. The topological polar surface area (TPSA) is 79.6 Å². The number of nitrogens with zero attached hydrogens (tertiary/aromatic N) is 1. The van der Waals surface area contributed by atoms with Gasteiger partial charge < -0.3 is 9.73 Å². The minimum atomic E-state index is -4.58. The number of benzene rings is 1. The normalized spacial score (nSPS) is 18.9. The lowest BCUT2D eigenvalue weighted by Gasteiger charge is -2.26. The summed E-state index contributed by atoms with van der Waals surface area (Å²) in [5.41, 5.74) is -1.10. The number of carbonyl (C=O) groups is 1. The van der Waals surface area contributed by atoms with Crippen LogP contribution in [-0.4, -0.2) is 43.3 Å². The maximum atomic E-state index is 12.9. The summed E-state index contributed by atoms with van der Waals surface area (Å²) in [6, 6.07) is 5.61. The van der Waals surface area contributed by atoms with E-state index >= 15 is 0 Å². The first-order valence-electron chi connectivity index (χ1n) is 8.67. The molecule has 6 nitrogen and oxygen atoms in total. The van der Waals surface area contributed by atoms with Crippen molar-refractivity contribution in [1.82, 2.24) is 4.90 Å². The van der Waals surface area contributed by atoms with E-state index in [2.05, 4.69) is 5.32 Å². The molecule has 0 spiro atoms. The Labute approximate surface area is 170 Å². The minimum Gasteiger partial charge on any atom is -0.468 e. The molecule has 1 fully saturated rings. The number of hydrogen-bond donors (Lipinski definition) is 1. The molecule has 2 heterocycles. The average molecular weight is 451 g/mol. The highest BCUT2D eigenvalue weighted by Crippen LogP contribution is 2.33. The van der Waals surface area contributed by atoms with Gasteiger partial charge in [-0.15, -0.1) is 0 Å². The summed E-state index contributed by atoms with van der Waals surface area (Å²) in [7, 11) is -3.19. The van der Waals surface area contributed by atoms with E-state index in [0.717, 1.165) is 18.2 Å². The van der Waals surface area contributed by atoms with Crippen molar-refractivity contribution in [3.63, 3.8) is 0 Å². The Morgan fingerprint density at radius 1 is 1.31 bits per heavy atom. The van der Waals surface area contributed by atoms with Crippen molar-refractivity contribution < 1.29 is 30.8 Å². The van der Waals surface area contributed by atoms with Crippen molar-refractivity contribution in [3.05, 3.63) is 52.9 Å². The number of furan rings is 1. The fourth-order valence-electron chi connectivity index (χ4n) is 3.15. The van der Waals surface area contributed by atoms with Gasteiger partial charge in [-0.25, -0.2) is 8.42 Å². The smallest absolute Gasteiger partial charge is 0.416 e. The zero-order chi connectivity index (χ0) is 21.2. The fourth-order valence-corrected chi connectivity index (χ4v) is 5.08. The van der Waals surface area contributed by atoms with Gasteiger partial charge in [0.05, 0.1) is 47.1 Å². The number of carbonyl (C=O) groups excluding carboxylic acids is 1. The molecule has 11 heteroatoms. The molecule has 1 amide bonds. The first-order chi connectivity index (χ1) is 13.5.